The smallest absolute Gasteiger partial charge is 0.248 e. The quantitative estimate of drug-likeness (QED) is 0.472. The van der Waals surface area contributed by atoms with Crippen molar-refractivity contribution in [3.63, 3.8) is 0 Å². The van der Waals surface area contributed by atoms with Crippen LogP contribution < -0.4 is 19.7 Å². The van der Waals surface area contributed by atoms with Crippen LogP contribution in [0.25, 0.3) is 6.08 Å². The van der Waals surface area contributed by atoms with Crippen LogP contribution in [0.2, 0.25) is 0 Å². The molecule has 3 aromatic carbocycles. The number of phenolic OH excluding ortho intramolecular Hbond substituents is 1. The van der Waals surface area contributed by atoms with Gasteiger partial charge in [0.1, 0.15) is 12.4 Å². The van der Waals surface area contributed by atoms with Gasteiger partial charge in [0.05, 0.1) is 19.5 Å². The molecule has 7 nitrogen and oxygen atoms in total. The Labute approximate surface area is 199 Å². The Balaban J connectivity index is 1.39. The Bertz CT molecular complexity index is 1220. The Kier molecular flexibility index (Phi) is 7.13. The number of amides is 1. The lowest BCUT2D eigenvalue weighted by molar-refractivity contribution is -0.111. The first-order valence-electron chi connectivity index (χ1n) is 11.0. The molecular formula is C27H27N3O4. The Morgan fingerprint density at radius 3 is 2.79 bits per heavy atom. The Morgan fingerprint density at radius 1 is 1.18 bits per heavy atom. The van der Waals surface area contributed by atoms with E-state index in [1.807, 2.05) is 54.9 Å². The summed E-state index contributed by atoms with van der Waals surface area (Å²) >= 11 is 0. The largest absolute Gasteiger partial charge is 0.504 e. The molecule has 3 aromatic rings. The summed E-state index contributed by atoms with van der Waals surface area (Å²) in [5.41, 5.74) is 3.24. The predicted molar refractivity (Wildman–Crippen MR) is 135 cm³/mol. The van der Waals surface area contributed by atoms with Gasteiger partial charge < -0.3 is 24.8 Å². The number of aliphatic imine (C=N–C) groups is 1. The number of methoxy groups -OCH3 is 1. The minimum Gasteiger partial charge on any atom is -0.504 e. The molecule has 0 fully saturated rings. The number of rotatable bonds is 8. The highest BCUT2D eigenvalue weighted by atomic mass is 16.5. The molecule has 1 heterocycles. The van der Waals surface area contributed by atoms with Gasteiger partial charge in [0.2, 0.25) is 5.91 Å². The summed E-state index contributed by atoms with van der Waals surface area (Å²) in [4.78, 5) is 19.0. The summed E-state index contributed by atoms with van der Waals surface area (Å²) in [6.45, 7) is 3.24. The summed E-state index contributed by atoms with van der Waals surface area (Å²) in [5.74, 6) is 0.852. The van der Waals surface area contributed by atoms with E-state index in [9.17, 15) is 9.90 Å². The number of anilines is 2. The minimum atomic E-state index is -0.285. The van der Waals surface area contributed by atoms with Crippen molar-refractivity contribution < 1.29 is 19.4 Å². The first kappa shape index (κ1) is 22.9. The maximum atomic E-state index is 12.5. The lowest BCUT2D eigenvalue weighted by Gasteiger charge is -2.17. The van der Waals surface area contributed by atoms with E-state index in [0.29, 0.717) is 23.6 Å². The zero-order chi connectivity index (χ0) is 23.9. The van der Waals surface area contributed by atoms with Gasteiger partial charge in [-0.3, -0.25) is 9.79 Å². The fourth-order valence-electron chi connectivity index (χ4n) is 3.58. The molecule has 1 aliphatic rings. The molecule has 34 heavy (non-hydrogen) atoms. The van der Waals surface area contributed by atoms with E-state index in [4.69, 9.17) is 9.47 Å². The van der Waals surface area contributed by atoms with Crippen molar-refractivity contribution in [3.8, 4) is 17.2 Å². The van der Waals surface area contributed by atoms with Gasteiger partial charge in [-0.15, -0.1) is 0 Å². The molecule has 174 valence electrons. The maximum absolute atomic E-state index is 12.5. The van der Waals surface area contributed by atoms with Gasteiger partial charge in [-0.25, -0.2) is 0 Å². The molecule has 0 aliphatic carbocycles. The first-order chi connectivity index (χ1) is 16.5. The number of carbonyl (C=O) groups excluding carboxylic acids is 1. The molecule has 7 heteroatoms. The van der Waals surface area contributed by atoms with Gasteiger partial charge in [0.25, 0.3) is 0 Å². The van der Waals surface area contributed by atoms with Gasteiger partial charge in [0.15, 0.2) is 11.5 Å². The number of aromatic hydroxyl groups is 1. The third kappa shape index (κ3) is 5.75. The van der Waals surface area contributed by atoms with Crippen LogP contribution in [0.5, 0.6) is 17.2 Å². The fraction of sp³-hybridized carbons (Fsp3) is 0.185. The van der Waals surface area contributed by atoms with Crippen molar-refractivity contribution in [3.05, 3.63) is 83.9 Å². The normalized spacial score (nSPS) is 15.0. The van der Waals surface area contributed by atoms with Crippen molar-refractivity contribution >= 4 is 29.7 Å². The SMILES string of the molecule is COc1ccc(/C=C/C(=O)Nc2ccccc2COc2cccc(N3C=NC(C)C3)c2)cc1O. The van der Waals surface area contributed by atoms with Crippen molar-refractivity contribution in [1.29, 1.82) is 0 Å². The van der Waals surface area contributed by atoms with E-state index >= 15 is 0 Å². The van der Waals surface area contributed by atoms with Crippen LogP contribution in [0.15, 0.2) is 77.8 Å². The Morgan fingerprint density at radius 2 is 2.03 bits per heavy atom. The monoisotopic (exact) mass is 457 g/mol. The average molecular weight is 458 g/mol. The molecular weight excluding hydrogens is 430 g/mol. The van der Waals surface area contributed by atoms with E-state index in [1.54, 1.807) is 18.2 Å². The fourth-order valence-corrected chi connectivity index (χ4v) is 3.58. The number of nitrogens with one attached hydrogen (secondary N) is 1. The molecule has 0 bridgehead atoms. The topological polar surface area (TPSA) is 83.4 Å². The highest BCUT2D eigenvalue weighted by molar-refractivity contribution is 6.02. The molecule has 0 spiro atoms. The zero-order valence-electron chi connectivity index (χ0n) is 19.1. The third-order valence-electron chi connectivity index (χ3n) is 5.37. The van der Waals surface area contributed by atoms with E-state index in [-0.39, 0.29) is 17.7 Å². The van der Waals surface area contributed by atoms with Crippen LogP contribution in [0.1, 0.15) is 18.1 Å². The number of benzene rings is 3. The summed E-state index contributed by atoms with van der Waals surface area (Å²) in [7, 11) is 1.48. The molecule has 4 rings (SSSR count). The van der Waals surface area contributed by atoms with Gasteiger partial charge in [-0.1, -0.05) is 30.3 Å². The van der Waals surface area contributed by atoms with E-state index < -0.39 is 0 Å². The number of nitrogens with zero attached hydrogens (tertiary/aromatic N) is 2. The number of carbonyl (C=O) groups is 1. The minimum absolute atomic E-state index is 0.0168. The van der Waals surface area contributed by atoms with Crippen LogP contribution >= 0.6 is 0 Å². The third-order valence-corrected chi connectivity index (χ3v) is 5.37. The molecule has 0 radical (unpaired) electrons. The van der Waals surface area contributed by atoms with Crippen LogP contribution in [0.4, 0.5) is 11.4 Å². The van der Waals surface area contributed by atoms with Crippen molar-refractivity contribution in [2.75, 3.05) is 23.9 Å². The number of hydrogen-bond acceptors (Lipinski definition) is 6. The first-order valence-corrected chi connectivity index (χ1v) is 11.0. The van der Waals surface area contributed by atoms with Crippen molar-refractivity contribution in [1.82, 2.24) is 0 Å². The molecule has 0 aromatic heterocycles. The van der Waals surface area contributed by atoms with Crippen LogP contribution in [0, 0.1) is 0 Å². The number of phenols is 1. The summed E-state index contributed by atoms with van der Waals surface area (Å²) < 4.78 is 11.1. The van der Waals surface area contributed by atoms with E-state index in [2.05, 4.69) is 22.1 Å². The summed E-state index contributed by atoms with van der Waals surface area (Å²) in [5, 5.41) is 12.8. The van der Waals surface area contributed by atoms with Gasteiger partial charge >= 0.3 is 0 Å². The van der Waals surface area contributed by atoms with Crippen LogP contribution in [-0.2, 0) is 11.4 Å². The number of para-hydroxylation sites is 1. The second kappa shape index (κ2) is 10.6. The van der Waals surface area contributed by atoms with E-state index in [1.165, 1.54) is 19.3 Å². The highest BCUT2D eigenvalue weighted by Crippen LogP contribution is 2.27. The Hall–Kier alpha value is -4.26. The molecule has 1 aliphatic heterocycles. The molecule has 0 saturated heterocycles. The van der Waals surface area contributed by atoms with Crippen LogP contribution in [0.3, 0.4) is 0 Å². The summed E-state index contributed by atoms with van der Waals surface area (Å²) in [6, 6.07) is 20.6. The van der Waals surface area contributed by atoms with Crippen molar-refractivity contribution in [2.45, 2.75) is 19.6 Å². The van der Waals surface area contributed by atoms with E-state index in [0.717, 1.165) is 23.5 Å². The molecule has 1 unspecified atom stereocenters. The maximum Gasteiger partial charge on any atom is 0.248 e. The number of hydrogen-bond donors (Lipinski definition) is 2. The average Bonchev–Trinajstić information content (AvgIpc) is 3.29. The molecule has 1 atom stereocenters. The second-order valence-corrected chi connectivity index (χ2v) is 7.96. The van der Waals surface area contributed by atoms with Crippen LogP contribution in [-0.4, -0.2) is 37.0 Å². The standard InChI is InChI=1S/C27H27N3O4/c1-19-16-30(18-28-19)22-7-5-8-23(15-22)34-17-21-6-3-4-9-24(21)29-27(32)13-11-20-10-12-26(33-2)25(31)14-20/h3-15,18-19,31H,16-17H2,1-2H3,(H,29,32)/b13-11+. The van der Waals surface area contributed by atoms with Gasteiger partial charge in [-0.05, 0) is 48.9 Å². The lowest BCUT2D eigenvalue weighted by atomic mass is 10.1. The highest BCUT2D eigenvalue weighted by Gasteiger charge is 2.15. The molecule has 0 saturated carbocycles. The molecule has 2 N–H and O–H groups in total. The lowest BCUT2D eigenvalue weighted by Crippen LogP contribution is -2.21. The summed E-state index contributed by atoms with van der Waals surface area (Å²) in [6.07, 6.45) is 4.90. The predicted octanol–water partition coefficient (Wildman–Crippen LogP) is 4.87. The molecule has 1 amide bonds. The van der Waals surface area contributed by atoms with Gasteiger partial charge in [0, 0.05) is 35.6 Å². The van der Waals surface area contributed by atoms with Gasteiger partial charge in [-0.2, -0.15) is 0 Å². The second-order valence-electron chi connectivity index (χ2n) is 7.96. The number of ether oxygens (including phenoxy) is 2. The zero-order valence-corrected chi connectivity index (χ0v) is 19.1. The van der Waals surface area contributed by atoms with Crippen molar-refractivity contribution in [2.24, 2.45) is 4.99 Å².